The van der Waals surface area contributed by atoms with Crippen molar-refractivity contribution in [3.05, 3.63) is 24.0 Å². The fourth-order valence-corrected chi connectivity index (χ4v) is 6.44. The molecule has 4 bridgehead atoms. The van der Waals surface area contributed by atoms with Gasteiger partial charge in [-0.1, -0.05) is 0 Å². The predicted octanol–water partition coefficient (Wildman–Crippen LogP) is 3.45. The molecular formula is C24H30FN3O4. The SMILES string of the molecule is O=C1CCCN1c1ccc(N2CCCC(OC(=O)N3C4CC5CC3CC(C4)O5)C2)c(F)c1. The number of carbonyl (C=O) groups is 2. The Kier molecular flexibility index (Phi) is 5.01. The fourth-order valence-electron chi connectivity index (χ4n) is 6.44. The quantitative estimate of drug-likeness (QED) is 0.716. The molecule has 6 aliphatic rings. The van der Waals surface area contributed by atoms with Gasteiger partial charge in [0.2, 0.25) is 5.91 Å². The van der Waals surface area contributed by atoms with Crippen LogP contribution < -0.4 is 9.80 Å². The standard InChI is InChI=1S/C24H30FN3O4/c25-21-13-15(27-8-2-4-23(27)29)5-6-22(21)26-7-1-3-18(14-26)32-24(30)28-16-9-19-11-17(28)12-20(10-16)31-19/h5-6,13,16-20H,1-4,7-12,14H2. The molecule has 0 aliphatic carbocycles. The average Bonchev–Trinajstić information content (AvgIpc) is 3.19. The molecule has 172 valence electrons. The molecule has 6 aliphatic heterocycles. The third-order valence-electron chi connectivity index (χ3n) is 7.83. The van der Waals surface area contributed by atoms with Crippen molar-refractivity contribution in [1.29, 1.82) is 0 Å². The highest BCUT2D eigenvalue weighted by molar-refractivity contribution is 5.95. The molecule has 1 aromatic carbocycles. The number of hydrogen-bond donors (Lipinski definition) is 0. The van der Waals surface area contributed by atoms with Gasteiger partial charge in [0, 0.05) is 37.3 Å². The van der Waals surface area contributed by atoms with Gasteiger partial charge in [0.05, 0.1) is 24.4 Å². The molecule has 0 N–H and O–H groups in total. The van der Waals surface area contributed by atoms with Crippen molar-refractivity contribution in [2.24, 2.45) is 0 Å². The van der Waals surface area contributed by atoms with Crippen LogP contribution in [0.5, 0.6) is 0 Å². The third-order valence-corrected chi connectivity index (χ3v) is 7.83. The van der Waals surface area contributed by atoms with Crippen LogP contribution >= 0.6 is 0 Å². The molecule has 0 aromatic heterocycles. The van der Waals surface area contributed by atoms with E-state index in [1.54, 1.807) is 11.0 Å². The van der Waals surface area contributed by atoms with Crippen molar-refractivity contribution in [3.8, 4) is 0 Å². The summed E-state index contributed by atoms with van der Waals surface area (Å²) in [5.41, 5.74) is 1.13. The number of benzene rings is 1. The molecule has 2 amide bonds. The maximum Gasteiger partial charge on any atom is 0.410 e. The summed E-state index contributed by atoms with van der Waals surface area (Å²) in [5.74, 6) is -0.285. The highest BCUT2D eigenvalue weighted by Gasteiger charge is 2.50. The van der Waals surface area contributed by atoms with Crippen LogP contribution in [0.3, 0.4) is 0 Å². The van der Waals surface area contributed by atoms with Gasteiger partial charge in [-0.15, -0.1) is 0 Å². The lowest BCUT2D eigenvalue weighted by atomic mass is 9.78. The summed E-state index contributed by atoms with van der Waals surface area (Å²) in [6.07, 6.45) is 6.76. The van der Waals surface area contributed by atoms with Crippen LogP contribution in [0.4, 0.5) is 20.6 Å². The number of carbonyl (C=O) groups excluding carboxylic acids is 2. The second kappa shape index (κ2) is 7.90. The van der Waals surface area contributed by atoms with Gasteiger partial charge < -0.3 is 24.2 Å². The van der Waals surface area contributed by atoms with E-state index in [1.807, 2.05) is 15.9 Å². The molecule has 6 fully saturated rings. The van der Waals surface area contributed by atoms with E-state index in [0.717, 1.165) is 51.5 Å². The number of piperidine rings is 3. The van der Waals surface area contributed by atoms with E-state index in [0.29, 0.717) is 43.1 Å². The van der Waals surface area contributed by atoms with Crippen LogP contribution in [-0.4, -0.2) is 66.9 Å². The highest BCUT2D eigenvalue weighted by Crippen LogP contribution is 2.43. The van der Waals surface area contributed by atoms with Crippen molar-refractivity contribution in [2.45, 2.75) is 81.8 Å². The Hall–Kier alpha value is -2.35. The topological polar surface area (TPSA) is 62.3 Å². The Morgan fingerprint density at radius 2 is 1.81 bits per heavy atom. The number of amides is 2. The van der Waals surface area contributed by atoms with Gasteiger partial charge in [0.1, 0.15) is 11.9 Å². The van der Waals surface area contributed by atoms with Gasteiger partial charge in [-0.25, -0.2) is 9.18 Å². The van der Waals surface area contributed by atoms with Gasteiger partial charge in [-0.2, -0.15) is 0 Å². The Bertz CT molecular complexity index is 897. The smallest absolute Gasteiger partial charge is 0.410 e. The van der Waals surface area contributed by atoms with Crippen molar-refractivity contribution >= 4 is 23.4 Å². The summed E-state index contributed by atoms with van der Waals surface area (Å²) >= 11 is 0. The lowest BCUT2D eigenvalue weighted by Crippen LogP contribution is -2.64. The monoisotopic (exact) mass is 443 g/mol. The van der Waals surface area contributed by atoms with Crippen LogP contribution in [0.1, 0.15) is 51.4 Å². The van der Waals surface area contributed by atoms with Gasteiger partial charge in [-0.05, 0) is 63.1 Å². The zero-order valence-corrected chi connectivity index (χ0v) is 18.2. The first kappa shape index (κ1) is 20.3. The molecule has 1 unspecified atom stereocenters. The zero-order valence-electron chi connectivity index (χ0n) is 18.2. The van der Waals surface area contributed by atoms with Crippen LogP contribution in [0.25, 0.3) is 0 Å². The van der Waals surface area contributed by atoms with Crippen molar-refractivity contribution in [3.63, 3.8) is 0 Å². The lowest BCUT2D eigenvalue weighted by Gasteiger charge is -2.55. The molecule has 0 saturated carbocycles. The fraction of sp³-hybridized carbons (Fsp3) is 0.667. The first-order valence-corrected chi connectivity index (χ1v) is 12.0. The maximum atomic E-state index is 15.0. The molecule has 0 radical (unpaired) electrons. The maximum absolute atomic E-state index is 15.0. The van der Waals surface area contributed by atoms with Crippen molar-refractivity contribution < 1.29 is 23.5 Å². The second-order valence-electron chi connectivity index (χ2n) is 9.92. The molecule has 6 heterocycles. The number of hydrogen-bond acceptors (Lipinski definition) is 5. The van der Waals surface area contributed by atoms with E-state index in [4.69, 9.17) is 9.47 Å². The summed E-state index contributed by atoms with van der Waals surface area (Å²) in [5, 5.41) is 0. The summed E-state index contributed by atoms with van der Waals surface area (Å²) in [6.45, 7) is 1.86. The van der Waals surface area contributed by atoms with E-state index >= 15 is 0 Å². The summed E-state index contributed by atoms with van der Waals surface area (Å²) in [4.78, 5) is 30.6. The normalized spacial score (nSPS) is 33.8. The zero-order chi connectivity index (χ0) is 21.8. The van der Waals surface area contributed by atoms with E-state index < -0.39 is 0 Å². The van der Waals surface area contributed by atoms with E-state index in [2.05, 4.69) is 0 Å². The predicted molar refractivity (Wildman–Crippen MR) is 116 cm³/mol. The minimum atomic E-state index is -0.334. The van der Waals surface area contributed by atoms with E-state index in [1.165, 1.54) is 6.07 Å². The number of anilines is 2. The van der Waals surface area contributed by atoms with Gasteiger partial charge in [0.15, 0.2) is 0 Å². The number of nitrogens with zero attached hydrogens (tertiary/aromatic N) is 3. The average molecular weight is 444 g/mol. The van der Waals surface area contributed by atoms with E-state index in [9.17, 15) is 14.0 Å². The van der Waals surface area contributed by atoms with Crippen LogP contribution in [-0.2, 0) is 14.3 Å². The summed E-state index contributed by atoms with van der Waals surface area (Å²) in [6, 6.07) is 5.49. The van der Waals surface area contributed by atoms with Gasteiger partial charge in [0.25, 0.3) is 0 Å². The molecular weight excluding hydrogens is 413 g/mol. The second-order valence-corrected chi connectivity index (χ2v) is 9.92. The molecule has 7 rings (SSSR count). The first-order chi connectivity index (χ1) is 15.5. The molecule has 32 heavy (non-hydrogen) atoms. The first-order valence-electron chi connectivity index (χ1n) is 12.0. The molecule has 0 spiro atoms. The van der Waals surface area contributed by atoms with Crippen LogP contribution in [0.15, 0.2) is 18.2 Å². The Morgan fingerprint density at radius 3 is 2.47 bits per heavy atom. The minimum Gasteiger partial charge on any atom is -0.444 e. The van der Waals surface area contributed by atoms with Crippen molar-refractivity contribution in [1.82, 2.24) is 4.90 Å². The van der Waals surface area contributed by atoms with Crippen LogP contribution in [0.2, 0.25) is 0 Å². The van der Waals surface area contributed by atoms with Gasteiger partial charge >= 0.3 is 6.09 Å². The third kappa shape index (κ3) is 3.52. The lowest BCUT2D eigenvalue weighted by molar-refractivity contribution is -0.174. The largest absolute Gasteiger partial charge is 0.444 e. The van der Waals surface area contributed by atoms with Crippen molar-refractivity contribution in [2.75, 3.05) is 29.4 Å². The van der Waals surface area contributed by atoms with Gasteiger partial charge in [-0.3, -0.25) is 4.79 Å². The minimum absolute atomic E-state index is 0.0495. The molecule has 7 nitrogen and oxygen atoms in total. The summed E-state index contributed by atoms with van der Waals surface area (Å²) in [7, 11) is 0. The molecule has 1 atom stereocenters. The summed E-state index contributed by atoms with van der Waals surface area (Å²) < 4.78 is 26.9. The van der Waals surface area contributed by atoms with Crippen LogP contribution in [0, 0.1) is 5.82 Å². The Labute approximate surface area is 187 Å². The highest BCUT2D eigenvalue weighted by atomic mass is 19.1. The molecule has 6 saturated heterocycles. The number of ether oxygens (including phenoxy) is 2. The van der Waals surface area contributed by atoms with E-state index in [-0.39, 0.29) is 36.0 Å². The Balaban J connectivity index is 1.11. The molecule has 1 aromatic rings. The molecule has 8 heteroatoms. The Morgan fingerprint density at radius 1 is 1.06 bits per heavy atom. The number of halogens is 1. The number of rotatable bonds is 3.